The van der Waals surface area contributed by atoms with E-state index in [4.69, 9.17) is 16.3 Å². The molecular weight excluding hydrogens is 389 g/mol. The van der Waals surface area contributed by atoms with E-state index in [0.717, 1.165) is 0 Å². The first-order valence-corrected chi connectivity index (χ1v) is 10.2. The van der Waals surface area contributed by atoms with Gasteiger partial charge in [-0.25, -0.2) is 9.18 Å². The van der Waals surface area contributed by atoms with Gasteiger partial charge in [0.15, 0.2) is 0 Å². The first-order valence-electron chi connectivity index (χ1n) is 8.42. The monoisotopic (exact) mass is 409 g/mol. The van der Waals surface area contributed by atoms with Gasteiger partial charge in [0.05, 0.1) is 0 Å². The van der Waals surface area contributed by atoms with Crippen LogP contribution in [0.4, 0.5) is 4.39 Å². The molecule has 2 rings (SSSR count). The highest BCUT2D eigenvalue weighted by atomic mass is 35.5. The molecule has 2 aromatic carbocycles. The van der Waals surface area contributed by atoms with Crippen molar-refractivity contribution in [2.45, 2.75) is 25.5 Å². The fourth-order valence-electron chi connectivity index (χ4n) is 2.39. The summed E-state index contributed by atoms with van der Waals surface area (Å²) in [5.41, 5.74) is 1.09. The fraction of sp³-hybridized carbons (Fsp3) is 0.300. The quantitative estimate of drug-likeness (QED) is 0.645. The van der Waals surface area contributed by atoms with Gasteiger partial charge in [-0.05, 0) is 67.3 Å². The molecule has 4 nitrogen and oxygen atoms in total. The van der Waals surface area contributed by atoms with Crippen LogP contribution in [0, 0.1) is 5.82 Å². The van der Waals surface area contributed by atoms with Crippen molar-refractivity contribution in [3.63, 3.8) is 0 Å². The number of ether oxygens (including phenoxy) is 1. The molecular formula is C20H21ClFNO3S. The molecule has 0 aliphatic rings. The summed E-state index contributed by atoms with van der Waals surface area (Å²) in [5.74, 6) is -0.566. The van der Waals surface area contributed by atoms with Gasteiger partial charge < -0.3 is 10.1 Å². The molecule has 0 fully saturated rings. The zero-order chi connectivity index (χ0) is 19.8. The van der Waals surface area contributed by atoms with Crippen molar-refractivity contribution in [3.05, 3.63) is 70.5 Å². The largest absolute Gasteiger partial charge is 0.456 e. The Bertz CT molecular complexity index is 768. The van der Waals surface area contributed by atoms with E-state index in [1.54, 1.807) is 55.1 Å². The first kappa shape index (κ1) is 21.3. The van der Waals surface area contributed by atoms with E-state index in [1.165, 1.54) is 12.1 Å². The van der Waals surface area contributed by atoms with Crippen molar-refractivity contribution in [1.29, 1.82) is 0 Å². The number of nitrogens with one attached hydrogen (secondary N) is 1. The maximum atomic E-state index is 13.0. The van der Waals surface area contributed by atoms with Gasteiger partial charge in [-0.3, -0.25) is 4.79 Å². The highest BCUT2D eigenvalue weighted by Gasteiger charge is 2.24. The third-order valence-corrected chi connectivity index (χ3v) is 4.84. The molecule has 0 bridgehead atoms. The van der Waals surface area contributed by atoms with Gasteiger partial charge >= 0.3 is 5.97 Å². The zero-order valence-electron chi connectivity index (χ0n) is 15.1. The van der Waals surface area contributed by atoms with Crippen LogP contribution >= 0.6 is 23.4 Å². The number of hydrogen-bond donors (Lipinski definition) is 1. The third kappa shape index (κ3) is 6.56. The van der Waals surface area contributed by atoms with Crippen molar-refractivity contribution in [2.24, 2.45) is 0 Å². The van der Waals surface area contributed by atoms with E-state index in [0.29, 0.717) is 28.3 Å². The Morgan fingerprint density at radius 3 is 2.37 bits per heavy atom. The molecule has 7 heteroatoms. The first-order chi connectivity index (χ1) is 12.9. The lowest BCUT2D eigenvalue weighted by molar-refractivity contribution is -0.151. The van der Waals surface area contributed by atoms with Crippen molar-refractivity contribution < 1.29 is 18.7 Å². The maximum absolute atomic E-state index is 13.0. The number of hydrogen-bond acceptors (Lipinski definition) is 4. The smallest absolute Gasteiger partial charge is 0.329 e. The summed E-state index contributed by atoms with van der Waals surface area (Å²) >= 11 is 7.41. The minimum Gasteiger partial charge on any atom is -0.456 e. The predicted octanol–water partition coefficient (Wildman–Crippen LogP) is 4.64. The summed E-state index contributed by atoms with van der Waals surface area (Å²) in [4.78, 5) is 25.0. The number of halogens is 2. The molecule has 0 saturated carbocycles. The van der Waals surface area contributed by atoms with Crippen LogP contribution in [-0.2, 0) is 9.53 Å². The lowest BCUT2D eigenvalue weighted by Gasteiger charge is -2.21. The number of carbonyl (C=O) groups excluding carboxylic acids is 2. The molecule has 27 heavy (non-hydrogen) atoms. The van der Waals surface area contributed by atoms with Crippen molar-refractivity contribution in [2.75, 3.05) is 12.0 Å². The minimum absolute atomic E-state index is 0.356. The number of benzene rings is 2. The topological polar surface area (TPSA) is 55.4 Å². The van der Waals surface area contributed by atoms with Gasteiger partial charge in [0.1, 0.15) is 18.0 Å². The summed E-state index contributed by atoms with van der Waals surface area (Å²) in [6.07, 6.45) is 1.81. The number of rotatable bonds is 8. The van der Waals surface area contributed by atoms with Gasteiger partial charge in [-0.15, -0.1) is 0 Å². The lowest BCUT2D eigenvalue weighted by atomic mass is 10.1. The van der Waals surface area contributed by atoms with Gasteiger partial charge in [-0.1, -0.05) is 23.7 Å². The minimum atomic E-state index is -0.775. The summed E-state index contributed by atoms with van der Waals surface area (Å²) in [7, 11) is 0. The summed E-state index contributed by atoms with van der Waals surface area (Å²) in [5, 5.41) is 3.25. The molecule has 0 aromatic heterocycles. The summed E-state index contributed by atoms with van der Waals surface area (Å²) < 4.78 is 18.5. The summed E-state index contributed by atoms with van der Waals surface area (Å²) in [6, 6.07) is 11.4. The standard InChI is InChI=1S/C20H21ClFNO3S/c1-13(14-5-9-17(22)10-6-14)26-20(25)18(11-12-27-2)23-19(24)15-3-7-16(21)8-4-15/h3-10,13,18H,11-12H2,1-2H3,(H,23,24)/t13-,18+/m1/s1. The van der Waals surface area contributed by atoms with Crippen LogP contribution in [0.25, 0.3) is 0 Å². The van der Waals surface area contributed by atoms with Crippen molar-refractivity contribution >= 4 is 35.2 Å². The molecule has 1 N–H and O–H groups in total. The molecule has 0 radical (unpaired) electrons. The molecule has 0 saturated heterocycles. The van der Waals surface area contributed by atoms with Crippen molar-refractivity contribution in [1.82, 2.24) is 5.32 Å². The third-order valence-electron chi connectivity index (χ3n) is 3.94. The Balaban J connectivity index is 2.04. The van der Waals surface area contributed by atoms with Crippen LogP contribution in [0.5, 0.6) is 0 Å². The van der Waals surface area contributed by atoms with Gasteiger partial charge in [0.2, 0.25) is 0 Å². The molecule has 1 amide bonds. The fourth-order valence-corrected chi connectivity index (χ4v) is 2.98. The average molecular weight is 410 g/mol. The molecule has 144 valence electrons. The predicted molar refractivity (Wildman–Crippen MR) is 107 cm³/mol. The van der Waals surface area contributed by atoms with Gasteiger partial charge in [-0.2, -0.15) is 11.8 Å². The Hall–Kier alpha value is -2.05. The molecule has 0 unspecified atom stereocenters. The van der Waals surface area contributed by atoms with E-state index in [2.05, 4.69) is 5.32 Å². The normalized spacial score (nSPS) is 12.9. The highest BCUT2D eigenvalue weighted by Crippen LogP contribution is 2.19. The maximum Gasteiger partial charge on any atom is 0.329 e. The Morgan fingerprint density at radius 1 is 1.15 bits per heavy atom. The zero-order valence-corrected chi connectivity index (χ0v) is 16.6. The number of thioether (sulfide) groups is 1. The number of esters is 1. The summed E-state index contributed by atoms with van der Waals surface area (Å²) in [6.45, 7) is 1.71. The van der Waals surface area contributed by atoms with E-state index >= 15 is 0 Å². The second-order valence-corrected chi connectivity index (χ2v) is 7.37. The molecule has 0 heterocycles. The second kappa shape index (κ2) is 10.3. The second-order valence-electron chi connectivity index (χ2n) is 5.95. The SMILES string of the molecule is CSCC[C@H](NC(=O)c1ccc(Cl)cc1)C(=O)O[C@H](C)c1ccc(F)cc1. The molecule has 2 atom stereocenters. The van der Waals surface area contributed by atoms with Crippen LogP contribution in [0.15, 0.2) is 48.5 Å². The van der Waals surface area contributed by atoms with Crippen molar-refractivity contribution in [3.8, 4) is 0 Å². The Labute approximate surface area is 167 Å². The van der Waals surface area contributed by atoms with Crippen LogP contribution in [-0.4, -0.2) is 29.9 Å². The molecule has 2 aromatic rings. The molecule has 0 spiro atoms. The van der Waals surface area contributed by atoms with E-state index in [1.807, 2.05) is 6.26 Å². The number of amides is 1. The van der Waals surface area contributed by atoms with Crippen LogP contribution in [0.3, 0.4) is 0 Å². The highest BCUT2D eigenvalue weighted by molar-refractivity contribution is 7.98. The van der Waals surface area contributed by atoms with E-state index in [9.17, 15) is 14.0 Å². The van der Waals surface area contributed by atoms with Gasteiger partial charge in [0, 0.05) is 10.6 Å². The Morgan fingerprint density at radius 2 is 1.78 bits per heavy atom. The number of carbonyl (C=O) groups is 2. The molecule has 0 aliphatic carbocycles. The van der Waals surface area contributed by atoms with Crippen LogP contribution in [0.2, 0.25) is 5.02 Å². The Kier molecular flexibility index (Phi) is 8.13. The van der Waals surface area contributed by atoms with Crippen LogP contribution < -0.4 is 5.32 Å². The van der Waals surface area contributed by atoms with E-state index in [-0.39, 0.29) is 11.7 Å². The van der Waals surface area contributed by atoms with Crippen LogP contribution in [0.1, 0.15) is 35.4 Å². The van der Waals surface area contributed by atoms with Gasteiger partial charge in [0.25, 0.3) is 5.91 Å². The average Bonchev–Trinajstić information content (AvgIpc) is 2.65. The molecule has 0 aliphatic heterocycles. The van der Waals surface area contributed by atoms with E-state index < -0.39 is 18.1 Å². The lowest BCUT2D eigenvalue weighted by Crippen LogP contribution is -2.42.